The highest BCUT2D eigenvalue weighted by atomic mass is 79.9. The smallest absolute Gasteiger partial charge is 0.0706 e. The van der Waals surface area contributed by atoms with Gasteiger partial charge in [0.1, 0.15) is 0 Å². The van der Waals surface area contributed by atoms with Crippen molar-refractivity contribution in [3.05, 3.63) is 33.1 Å². The Morgan fingerprint density at radius 2 is 2.29 bits per heavy atom. The van der Waals surface area contributed by atoms with Crippen LogP contribution in [0.1, 0.15) is 11.1 Å². The van der Waals surface area contributed by atoms with Gasteiger partial charge >= 0.3 is 0 Å². The summed E-state index contributed by atoms with van der Waals surface area (Å²) in [5, 5.41) is 12.4. The van der Waals surface area contributed by atoms with E-state index in [4.69, 9.17) is 11.6 Å². The minimum Gasteiger partial charge on any atom is -0.392 e. The van der Waals surface area contributed by atoms with E-state index in [2.05, 4.69) is 15.9 Å². The first-order valence-corrected chi connectivity index (χ1v) is 6.33. The van der Waals surface area contributed by atoms with E-state index in [1.165, 1.54) is 0 Å². The van der Waals surface area contributed by atoms with E-state index in [0.29, 0.717) is 5.88 Å². The van der Waals surface area contributed by atoms with Crippen LogP contribution in [0.15, 0.2) is 22.0 Å². The molecule has 0 aliphatic rings. The molecule has 2 rings (SSSR count). The van der Waals surface area contributed by atoms with Gasteiger partial charge in [-0.05, 0) is 28.5 Å². The monoisotopic (exact) mass is 290 g/mol. The van der Waals surface area contributed by atoms with Gasteiger partial charge in [-0.25, -0.2) is 0 Å². The van der Waals surface area contributed by atoms with Crippen molar-refractivity contribution in [3.8, 4) is 0 Å². The minimum atomic E-state index is 0.0557. The standard InChI is InChI=1S/C10H8BrClOS/c11-9-3-6(4-12)7-1-2-14-10(7)8(9)5-13/h1-3,13H,4-5H2. The summed E-state index contributed by atoms with van der Waals surface area (Å²) in [4.78, 5) is 0. The molecule has 2 aromatic rings. The fourth-order valence-corrected chi connectivity index (χ4v) is 3.42. The molecule has 0 fully saturated rings. The highest BCUT2D eigenvalue weighted by molar-refractivity contribution is 9.10. The summed E-state index contributed by atoms with van der Waals surface area (Å²) < 4.78 is 2.06. The number of benzene rings is 1. The zero-order valence-corrected chi connectivity index (χ0v) is 10.4. The lowest BCUT2D eigenvalue weighted by Gasteiger charge is -2.06. The number of rotatable bonds is 2. The maximum absolute atomic E-state index is 9.24. The quantitative estimate of drug-likeness (QED) is 0.832. The third-order valence-corrected chi connectivity index (χ3v) is 4.15. The van der Waals surface area contributed by atoms with Crippen molar-refractivity contribution in [1.29, 1.82) is 0 Å². The van der Waals surface area contributed by atoms with Crippen molar-refractivity contribution in [3.63, 3.8) is 0 Å². The van der Waals surface area contributed by atoms with E-state index in [-0.39, 0.29) is 6.61 Å². The molecule has 14 heavy (non-hydrogen) atoms. The van der Waals surface area contributed by atoms with Gasteiger partial charge in [0.2, 0.25) is 0 Å². The van der Waals surface area contributed by atoms with Crippen LogP contribution >= 0.6 is 38.9 Å². The molecular formula is C10H8BrClOS. The number of thiophene rings is 1. The highest BCUT2D eigenvalue weighted by Crippen LogP contribution is 2.34. The zero-order chi connectivity index (χ0) is 10.1. The van der Waals surface area contributed by atoms with Crippen LogP contribution < -0.4 is 0 Å². The summed E-state index contributed by atoms with van der Waals surface area (Å²) in [6.07, 6.45) is 0. The van der Waals surface area contributed by atoms with Gasteiger partial charge in [0, 0.05) is 20.6 Å². The van der Waals surface area contributed by atoms with Crippen LogP contribution in [0.5, 0.6) is 0 Å². The fraction of sp³-hybridized carbons (Fsp3) is 0.200. The molecule has 0 radical (unpaired) electrons. The Bertz CT molecular complexity index is 466. The van der Waals surface area contributed by atoms with Crippen molar-refractivity contribution in [1.82, 2.24) is 0 Å². The Morgan fingerprint density at radius 1 is 1.50 bits per heavy atom. The first-order valence-electron chi connectivity index (χ1n) is 4.12. The van der Waals surface area contributed by atoms with Crippen molar-refractivity contribution in [2.24, 2.45) is 0 Å². The number of hydrogen-bond acceptors (Lipinski definition) is 2. The predicted molar refractivity (Wildman–Crippen MR) is 65.0 cm³/mol. The second kappa shape index (κ2) is 4.19. The molecule has 0 saturated heterocycles. The van der Waals surface area contributed by atoms with Crippen molar-refractivity contribution in [2.45, 2.75) is 12.5 Å². The van der Waals surface area contributed by atoms with Crippen LogP contribution in [0.3, 0.4) is 0 Å². The molecule has 1 nitrogen and oxygen atoms in total. The Labute approximate surface area is 99.4 Å². The maximum atomic E-state index is 9.24. The normalized spacial score (nSPS) is 11.1. The fourth-order valence-electron chi connectivity index (χ4n) is 1.48. The largest absolute Gasteiger partial charge is 0.392 e. The molecule has 0 atom stereocenters. The summed E-state index contributed by atoms with van der Waals surface area (Å²) >= 11 is 10.9. The first kappa shape index (κ1) is 10.4. The van der Waals surface area contributed by atoms with E-state index in [1.54, 1.807) is 11.3 Å². The number of alkyl halides is 1. The average Bonchev–Trinajstić information content (AvgIpc) is 2.65. The number of aliphatic hydroxyl groups is 1. The van der Waals surface area contributed by atoms with Gasteiger partial charge in [-0.2, -0.15) is 0 Å². The van der Waals surface area contributed by atoms with Gasteiger partial charge < -0.3 is 5.11 Å². The van der Waals surface area contributed by atoms with E-state index in [1.807, 2.05) is 17.5 Å². The van der Waals surface area contributed by atoms with E-state index >= 15 is 0 Å². The number of hydrogen-bond donors (Lipinski definition) is 1. The summed E-state index contributed by atoms with van der Waals surface area (Å²) in [7, 11) is 0. The molecule has 1 aromatic heterocycles. The van der Waals surface area contributed by atoms with Gasteiger partial charge in [-0.3, -0.25) is 0 Å². The Kier molecular flexibility index (Phi) is 3.12. The van der Waals surface area contributed by atoms with Gasteiger partial charge in [0.25, 0.3) is 0 Å². The van der Waals surface area contributed by atoms with Gasteiger partial charge in [0.05, 0.1) is 6.61 Å². The highest BCUT2D eigenvalue weighted by Gasteiger charge is 2.10. The van der Waals surface area contributed by atoms with Crippen molar-refractivity contribution >= 4 is 49.0 Å². The Hall–Kier alpha value is -0.0900. The molecule has 0 aliphatic carbocycles. The van der Waals surface area contributed by atoms with Gasteiger partial charge in [0.15, 0.2) is 0 Å². The van der Waals surface area contributed by atoms with Gasteiger partial charge in [-0.1, -0.05) is 15.9 Å². The third-order valence-electron chi connectivity index (χ3n) is 2.18. The topological polar surface area (TPSA) is 20.2 Å². The Morgan fingerprint density at radius 3 is 2.93 bits per heavy atom. The zero-order valence-electron chi connectivity index (χ0n) is 7.26. The van der Waals surface area contributed by atoms with E-state index in [0.717, 1.165) is 25.7 Å². The molecule has 4 heteroatoms. The van der Waals surface area contributed by atoms with Crippen LogP contribution in [0, 0.1) is 0 Å². The summed E-state index contributed by atoms with van der Waals surface area (Å²) in [5.41, 5.74) is 2.05. The molecule has 0 spiro atoms. The van der Waals surface area contributed by atoms with Crippen molar-refractivity contribution in [2.75, 3.05) is 0 Å². The molecule has 1 heterocycles. The average molecular weight is 292 g/mol. The number of fused-ring (bicyclic) bond motifs is 1. The van der Waals surface area contributed by atoms with Crippen LogP contribution in [0.2, 0.25) is 0 Å². The number of aliphatic hydroxyl groups excluding tert-OH is 1. The molecule has 1 aromatic carbocycles. The summed E-state index contributed by atoms with van der Waals surface area (Å²) in [6.45, 7) is 0.0557. The van der Waals surface area contributed by atoms with Crippen molar-refractivity contribution < 1.29 is 5.11 Å². The molecular weight excluding hydrogens is 284 g/mol. The van der Waals surface area contributed by atoms with Crippen LogP contribution in [-0.2, 0) is 12.5 Å². The second-order valence-electron chi connectivity index (χ2n) is 2.95. The molecule has 0 saturated carbocycles. The lowest BCUT2D eigenvalue weighted by Crippen LogP contribution is -1.89. The van der Waals surface area contributed by atoms with Crippen LogP contribution in [-0.4, -0.2) is 5.11 Å². The predicted octanol–water partition coefficient (Wildman–Crippen LogP) is 3.89. The van der Waals surface area contributed by atoms with Crippen LogP contribution in [0.4, 0.5) is 0 Å². The summed E-state index contributed by atoms with van der Waals surface area (Å²) in [6, 6.07) is 4.02. The Balaban J connectivity index is 2.81. The molecule has 1 N–H and O–H groups in total. The molecule has 74 valence electrons. The number of halogens is 2. The lowest BCUT2D eigenvalue weighted by molar-refractivity contribution is 0.283. The molecule has 0 amide bonds. The first-order chi connectivity index (χ1) is 6.77. The maximum Gasteiger partial charge on any atom is 0.0706 e. The second-order valence-corrected chi connectivity index (χ2v) is 4.99. The molecule has 0 unspecified atom stereocenters. The lowest BCUT2D eigenvalue weighted by atomic mass is 10.1. The SMILES string of the molecule is OCc1c(Br)cc(CCl)c2ccsc12. The molecule has 0 aliphatic heterocycles. The van der Waals surface area contributed by atoms with Crippen LogP contribution in [0.25, 0.3) is 10.1 Å². The van der Waals surface area contributed by atoms with E-state index in [9.17, 15) is 5.11 Å². The minimum absolute atomic E-state index is 0.0557. The summed E-state index contributed by atoms with van der Waals surface area (Å²) in [5.74, 6) is 0.498. The molecule has 0 bridgehead atoms. The third kappa shape index (κ3) is 1.58. The van der Waals surface area contributed by atoms with E-state index < -0.39 is 0 Å². The van der Waals surface area contributed by atoms with Gasteiger partial charge in [-0.15, -0.1) is 22.9 Å².